The van der Waals surface area contributed by atoms with Crippen LogP contribution in [0.25, 0.3) is 0 Å². The van der Waals surface area contributed by atoms with E-state index in [9.17, 15) is 18.3 Å². The predicted octanol–water partition coefficient (Wildman–Crippen LogP) is 1.66. The number of carboxylic acids is 1. The molecule has 0 bridgehead atoms. The van der Waals surface area contributed by atoms with Gasteiger partial charge in [-0.1, -0.05) is 12.1 Å². The third-order valence-corrected chi connectivity index (χ3v) is 3.91. The maximum absolute atomic E-state index is 12.0. The fraction of sp³-hybridized carbons (Fsp3) is 0.0833. The third-order valence-electron chi connectivity index (χ3n) is 2.37. The molecule has 1 heterocycles. The van der Waals surface area contributed by atoms with E-state index in [1.165, 1.54) is 24.3 Å². The molecule has 1 aromatic heterocycles. The molecule has 7 heteroatoms. The Hall–Kier alpha value is -2.28. The highest BCUT2D eigenvalue weighted by molar-refractivity contribution is 7.90. The summed E-state index contributed by atoms with van der Waals surface area (Å²) >= 11 is 0. The largest absolute Gasteiger partial charge is 0.508 e. The van der Waals surface area contributed by atoms with Crippen LogP contribution in [-0.2, 0) is 15.6 Å². The summed E-state index contributed by atoms with van der Waals surface area (Å²) in [6.07, 6.45) is 0. The van der Waals surface area contributed by atoms with Crippen LogP contribution in [0.4, 0.5) is 0 Å². The summed E-state index contributed by atoms with van der Waals surface area (Å²) < 4.78 is 28.7. The van der Waals surface area contributed by atoms with Gasteiger partial charge in [0.25, 0.3) is 0 Å². The van der Waals surface area contributed by atoms with Crippen LogP contribution in [-0.4, -0.2) is 24.6 Å². The SMILES string of the molecule is O=C(O)c1ccc(S(=O)(=O)Cc2cccc(O)c2)o1. The highest BCUT2D eigenvalue weighted by Crippen LogP contribution is 2.21. The van der Waals surface area contributed by atoms with E-state index in [1.54, 1.807) is 0 Å². The van der Waals surface area contributed by atoms with Crippen molar-refractivity contribution in [1.29, 1.82) is 0 Å². The molecular weight excluding hydrogens is 272 g/mol. The fourth-order valence-corrected chi connectivity index (χ4v) is 2.79. The molecule has 1 aromatic carbocycles. The first-order valence-electron chi connectivity index (χ1n) is 5.22. The number of phenolic OH excluding ortho intramolecular Hbond substituents is 1. The van der Waals surface area contributed by atoms with Gasteiger partial charge in [0.05, 0.1) is 5.75 Å². The summed E-state index contributed by atoms with van der Waals surface area (Å²) in [5.74, 6) is -2.19. The van der Waals surface area contributed by atoms with E-state index in [0.29, 0.717) is 5.56 Å². The van der Waals surface area contributed by atoms with Crippen LogP contribution in [0.3, 0.4) is 0 Å². The van der Waals surface area contributed by atoms with Crippen molar-refractivity contribution in [3.8, 4) is 5.75 Å². The summed E-state index contributed by atoms with van der Waals surface area (Å²) in [7, 11) is -3.78. The molecule has 0 saturated heterocycles. The standard InChI is InChI=1S/C12H10O6S/c13-9-3-1-2-8(6-9)7-19(16,17)11-5-4-10(18-11)12(14)15/h1-6,13H,7H2,(H,14,15). The van der Waals surface area contributed by atoms with Crippen LogP contribution >= 0.6 is 0 Å². The van der Waals surface area contributed by atoms with E-state index in [1.807, 2.05) is 0 Å². The molecule has 0 aliphatic rings. The van der Waals surface area contributed by atoms with Crippen LogP contribution in [0.1, 0.15) is 16.1 Å². The van der Waals surface area contributed by atoms with Crippen molar-refractivity contribution in [2.45, 2.75) is 10.8 Å². The number of hydrogen-bond donors (Lipinski definition) is 2. The summed E-state index contributed by atoms with van der Waals surface area (Å²) in [5, 5.41) is 17.5. The molecule has 2 rings (SSSR count). The van der Waals surface area contributed by atoms with Gasteiger partial charge in [-0.15, -0.1) is 0 Å². The van der Waals surface area contributed by atoms with Gasteiger partial charge in [-0.05, 0) is 29.8 Å². The minimum absolute atomic E-state index is 0.0432. The Kier molecular flexibility index (Phi) is 3.30. The van der Waals surface area contributed by atoms with Crippen molar-refractivity contribution < 1.29 is 27.8 Å². The van der Waals surface area contributed by atoms with Crippen molar-refractivity contribution in [3.05, 3.63) is 47.7 Å². The molecule has 0 unspecified atom stereocenters. The molecule has 0 radical (unpaired) electrons. The molecule has 2 N–H and O–H groups in total. The van der Waals surface area contributed by atoms with Crippen molar-refractivity contribution in [3.63, 3.8) is 0 Å². The molecule has 0 aliphatic heterocycles. The first-order chi connectivity index (χ1) is 8.88. The number of phenols is 1. The van der Waals surface area contributed by atoms with Gasteiger partial charge in [0.2, 0.25) is 20.7 Å². The predicted molar refractivity (Wildman–Crippen MR) is 64.7 cm³/mol. The maximum atomic E-state index is 12.0. The lowest BCUT2D eigenvalue weighted by molar-refractivity contribution is 0.0656. The van der Waals surface area contributed by atoms with Crippen LogP contribution in [0, 0.1) is 0 Å². The van der Waals surface area contributed by atoms with Gasteiger partial charge >= 0.3 is 5.97 Å². The molecule has 6 nitrogen and oxygen atoms in total. The number of aromatic hydroxyl groups is 1. The second kappa shape index (κ2) is 4.77. The quantitative estimate of drug-likeness (QED) is 0.883. The summed E-state index contributed by atoms with van der Waals surface area (Å²) in [5.41, 5.74) is 0.383. The van der Waals surface area contributed by atoms with Gasteiger partial charge in [0.1, 0.15) is 5.75 Å². The van der Waals surface area contributed by atoms with E-state index >= 15 is 0 Å². The average molecular weight is 282 g/mol. The Balaban J connectivity index is 2.29. The van der Waals surface area contributed by atoms with E-state index in [4.69, 9.17) is 9.52 Å². The molecule has 0 spiro atoms. The van der Waals surface area contributed by atoms with Gasteiger partial charge in [-0.2, -0.15) is 0 Å². The number of carboxylic acid groups (broad SMARTS) is 1. The van der Waals surface area contributed by atoms with Crippen LogP contribution in [0.15, 0.2) is 45.9 Å². The zero-order chi connectivity index (χ0) is 14.0. The molecule has 100 valence electrons. The summed E-state index contributed by atoms with van der Waals surface area (Å²) in [6, 6.07) is 7.98. The topological polar surface area (TPSA) is 105 Å². The van der Waals surface area contributed by atoms with Gasteiger partial charge in [-0.25, -0.2) is 13.2 Å². The smallest absolute Gasteiger partial charge is 0.371 e. The Morgan fingerprint density at radius 1 is 1.21 bits per heavy atom. The molecule has 2 aromatic rings. The second-order valence-corrected chi connectivity index (χ2v) is 5.77. The van der Waals surface area contributed by atoms with Crippen molar-refractivity contribution in [2.24, 2.45) is 0 Å². The van der Waals surface area contributed by atoms with Crippen molar-refractivity contribution in [1.82, 2.24) is 0 Å². The Bertz CT molecular complexity index is 713. The number of sulfone groups is 1. The zero-order valence-corrected chi connectivity index (χ0v) is 10.4. The second-order valence-electron chi connectivity index (χ2n) is 3.85. The first kappa shape index (κ1) is 13.2. The van der Waals surface area contributed by atoms with E-state index in [-0.39, 0.29) is 11.5 Å². The number of aromatic carboxylic acids is 1. The number of carbonyl (C=O) groups is 1. The van der Waals surface area contributed by atoms with Crippen LogP contribution in [0.5, 0.6) is 5.75 Å². The van der Waals surface area contributed by atoms with Crippen molar-refractivity contribution >= 4 is 15.8 Å². The molecule has 0 saturated carbocycles. The number of hydrogen-bond acceptors (Lipinski definition) is 5. The third kappa shape index (κ3) is 2.94. The van der Waals surface area contributed by atoms with Gasteiger partial charge in [0, 0.05) is 0 Å². The van der Waals surface area contributed by atoms with E-state index < -0.39 is 26.7 Å². The first-order valence-corrected chi connectivity index (χ1v) is 6.87. The monoisotopic (exact) mass is 282 g/mol. The van der Waals surface area contributed by atoms with Gasteiger partial charge in [-0.3, -0.25) is 0 Å². The Morgan fingerprint density at radius 2 is 1.95 bits per heavy atom. The highest BCUT2D eigenvalue weighted by Gasteiger charge is 2.21. The zero-order valence-electron chi connectivity index (χ0n) is 9.61. The maximum Gasteiger partial charge on any atom is 0.371 e. The van der Waals surface area contributed by atoms with Crippen LogP contribution < -0.4 is 0 Å². The lowest BCUT2D eigenvalue weighted by Gasteiger charge is -2.02. The Morgan fingerprint density at radius 3 is 2.53 bits per heavy atom. The molecule has 0 fully saturated rings. The number of benzene rings is 1. The highest BCUT2D eigenvalue weighted by atomic mass is 32.2. The normalized spacial score (nSPS) is 11.4. The summed E-state index contributed by atoms with van der Waals surface area (Å²) in [6.45, 7) is 0. The number of furan rings is 1. The van der Waals surface area contributed by atoms with E-state index in [0.717, 1.165) is 12.1 Å². The molecule has 0 atom stereocenters. The summed E-state index contributed by atoms with van der Waals surface area (Å²) in [4.78, 5) is 10.6. The van der Waals surface area contributed by atoms with Crippen LogP contribution in [0.2, 0.25) is 0 Å². The minimum Gasteiger partial charge on any atom is -0.508 e. The lowest BCUT2D eigenvalue weighted by Crippen LogP contribution is -2.04. The molecule has 19 heavy (non-hydrogen) atoms. The fourth-order valence-electron chi connectivity index (χ4n) is 1.54. The van der Waals surface area contributed by atoms with Crippen molar-refractivity contribution in [2.75, 3.05) is 0 Å². The molecule has 0 aliphatic carbocycles. The average Bonchev–Trinajstić information content (AvgIpc) is 2.78. The minimum atomic E-state index is -3.78. The lowest BCUT2D eigenvalue weighted by atomic mass is 10.2. The Labute approximate surface area is 108 Å². The van der Waals surface area contributed by atoms with Gasteiger partial charge < -0.3 is 14.6 Å². The molecule has 0 amide bonds. The van der Waals surface area contributed by atoms with Gasteiger partial charge in [0.15, 0.2) is 0 Å². The van der Waals surface area contributed by atoms with E-state index in [2.05, 4.69) is 0 Å². The number of rotatable bonds is 4. The molecular formula is C12H10O6S.